The van der Waals surface area contributed by atoms with Crippen molar-refractivity contribution in [2.75, 3.05) is 19.8 Å². The average molecular weight is 592 g/mol. The molecule has 0 aromatic rings. The number of carboxylic acids is 1. The highest BCUT2D eigenvalue weighted by molar-refractivity contribution is 7.47. The number of carbonyl (C=O) groups is 3. The second-order valence-electron chi connectivity index (χ2n) is 9.54. The summed E-state index contributed by atoms with van der Waals surface area (Å²) < 4.78 is 26.0. The van der Waals surface area contributed by atoms with Crippen LogP contribution in [-0.2, 0) is 32.7 Å². The summed E-state index contributed by atoms with van der Waals surface area (Å²) >= 11 is 0. The number of rotatable bonds is 26. The first-order valence-corrected chi connectivity index (χ1v) is 15.9. The zero-order valence-electron chi connectivity index (χ0n) is 24.1. The standard InChI is InChI=1S/C28H50NO10P/c1-3-5-6-7-8-9-10-11-12-13-14-15-16-17-18-19-20-27(32)37-21-24(30)22-38-40(35,36)39-23-25(28(33)34)29-26(31)4-2/h9-10,12-13,24-25,30H,3-8,11,14-23H2,1-2H3,(H,29,31)(H,33,34)(H,35,36)/b10-9-,13-12-. The second kappa shape index (κ2) is 24.7. The lowest BCUT2D eigenvalue weighted by atomic mass is 10.1. The summed E-state index contributed by atoms with van der Waals surface area (Å²) in [5.74, 6) is -2.51. The fourth-order valence-corrected chi connectivity index (χ4v) is 4.20. The van der Waals surface area contributed by atoms with Gasteiger partial charge in [-0.05, 0) is 38.5 Å². The van der Waals surface area contributed by atoms with Crippen molar-refractivity contribution < 1.29 is 47.8 Å². The van der Waals surface area contributed by atoms with Gasteiger partial charge in [-0.25, -0.2) is 9.36 Å². The third kappa shape index (κ3) is 23.8. The number of aliphatic carboxylic acids is 1. The van der Waals surface area contributed by atoms with E-state index in [2.05, 4.69) is 45.6 Å². The van der Waals surface area contributed by atoms with Crippen LogP contribution in [0.2, 0.25) is 0 Å². The number of amides is 1. The van der Waals surface area contributed by atoms with E-state index in [1.54, 1.807) is 0 Å². The smallest absolute Gasteiger partial charge is 0.472 e. The molecule has 0 aromatic heterocycles. The molecule has 0 aromatic carbocycles. The molecule has 0 rings (SSSR count). The zero-order valence-corrected chi connectivity index (χ0v) is 25.0. The number of carbonyl (C=O) groups excluding carboxylic acids is 2. The van der Waals surface area contributed by atoms with E-state index in [-0.39, 0.29) is 12.8 Å². The van der Waals surface area contributed by atoms with Crippen molar-refractivity contribution in [1.29, 1.82) is 0 Å². The van der Waals surface area contributed by atoms with Crippen molar-refractivity contribution in [2.24, 2.45) is 0 Å². The molecule has 3 unspecified atom stereocenters. The van der Waals surface area contributed by atoms with Crippen molar-refractivity contribution in [3.63, 3.8) is 0 Å². The number of unbranched alkanes of at least 4 members (excludes halogenated alkanes) is 9. The predicted molar refractivity (Wildman–Crippen MR) is 153 cm³/mol. The minimum atomic E-state index is -4.71. The molecule has 232 valence electrons. The van der Waals surface area contributed by atoms with Gasteiger partial charge in [0.1, 0.15) is 12.7 Å². The van der Waals surface area contributed by atoms with Crippen LogP contribution < -0.4 is 5.32 Å². The summed E-state index contributed by atoms with van der Waals surface area (Å²) in [5, 5.41) is 21.0. The summed E-state index contributed by atoms with van der Waals surface area (Å²) in [4.78, 5) is 43.9. The Hall–Kier alpha value is -2.04. The Bertz CT molecular complexity index is 802. The molecule has 3 atom stereocenters. The third-order valence-corrected chi connectivity index (χ3v) is 6.76. The maximum atomic E-state index is 11.9. The predicted octanol–water partition coefficient (Wildman–Crippen LogP) is 5.21. The third-order valence-electron chi connectivity index (χ3n) is 5.81. The van der Waals surface area contributed by atoms with E-state index in [9.17, 15) is 28.9 Å². The van der Waals surface area contributed by atoms with E-state index in [1.165, 1.54) is 39.0 Å². The highest BCUT2D eigenvalue weighted by atomic mass is 31.2. The first kappa shape index (κ1) is 38.0. The minimum absolute atomic E-state index is 0.0254. The lowest BCUT2D eigenvalue weighted by Gasteiger charge is -2.18. The van der Waals surface area contributed by atoms with Gasteiger partial charge in [-0.3, -0.25) is 18.6 Å². The van der Waals surface area contributed by atoms with Crippen molar-refractivity contribution >= 4 is 25.7 Å². The van der Waals surface area contributed by atoms with Crippen LogP contribution >= 0.6 is 7.82 Å². The number of phosphoric acid groups is 1. The van der Waals surface area contributed by atoms with Crippen LogP contribution in [0.4, 0.5) is 0 Å². The van der Waals surface area contributed by atoms with Crippen LogP contribution in [-0.4, -0.2) is 64.9 Å². The molecule has 0 heterocycles. The molecule has 4 N–H and O–H groups in total. The Morgan fingerprint density at radius 2 is 1.40 bits per heavy atom. The van der Waals surface area contributed by atoms with Gasteiger partial charge in [0.25, 0.3) is 0 Å². The molecule has 0 aliphatic rings. The molecular weight excluding hydrogens is 541 g/mol. The van der Waals surface area contributed by atoms with Crippen molar-refractivity contribution in [3.8, 4) is 0 Å². The molecular formula is C28H50NO10P. The molecule has 0 bridgehead atoms. The summed E-state index contributed by atoms with van der Waals surface area (Å²) in [6, 6.07) is -1.54. The second-order valence-corrected chi connectivity index (χ2v) is 11.0. The monoisotopic (exact) mass is 591 g/mol. The molecule has 0 saturated heterocycles. The first-order chi connectivity index (χ1) is 19.1. The van der Waals surface area contributed by atoms with E-state index in [1.807, 2.05) is 0 Å². The molecule has 12 heteroatoms. The van der Waals surface area contributed by atoms with Crippen LogP contribution in [0.25, 0.3) is 0 Å². The SMILES string of the molecule is CCCCCC/C=C\C/C=C\CCCCCCCC(=O)OCC(O)COP(=O)(O)OCC(NC(=O)CC)C(=O)O. The van der Waals surface area contributed by atoms with Gasteiger partial charge in [0.15, 0.2) is 6.04 Å². The fraction of sp³-hybridized carbons (Fsp3) is 0.750. The average Bonchev–Trinajstić information content (AvgIpc) is 2.92. The number of hydrogen-bond donors (Lipinski definition) is 4. The number of carboxylic acid groups (broad SMARTS) is 1. The number of ether oxygens (including phenoxy) is 1. The van der Waals surface area contributed by atoms with E-state index < -0.39 is 57.6 Å². The van der Waals surface area contributed by atoms with Gasteiger partial charge < -0.3 is 25.2 Å². The van der Waals surface area contributed by atoms with Crippen molar-refractivity contribution in [3.05, 3.63) is 24.3 Å². The molecule has 1 amide bonds. The van der Waals surface area contributed by atoms with Crippen LogP contribution in [0.3, 0.4) is 0 Å². The molecule has 0 fully saturated rings. The number of allylic oxidation sites excluding steroid dienone is 4. The fourth-order valence-electron chi connectivity index (χ4n) is 3.42. The molecule has 0 spiro atoms. The van der Waals surface area contributed by atoms with Crippen molar-refractivity contribution in [1.82, 2.24) is 5.32 Å². The lowest BCUT2D eigenvalue weighted by Crippen LogP contribution is -2.43. The van der Waals surface area contributed by atoms with Gasteiger partial charge in [-0.2, -0.15) is 0 Å². The first-order valence-electron chi connectivity index (χ1n) is 14.4. The maximum Gasteiger partial charge on any atom is 0.472 e. The molecule has 0 radical (unpaired) electrons. The Labute approximate surface area is 239 Å². The quantitative estimate of drug-likeness (QED) is 0.0453. The van der Waals surface area contributed by atoms with Crippen LogP contribution in [0.1, 0.15) is 104 Å². The maximum absolute atomic E-state index is 11.9. The number of aliphatic hydroxyl groups excluding tert-OH is 1. The Kier molecular flexibility index (Phi) is 23.5. The van der Waals surface area contributed by atoms with Crippen LogP contribution in [0.15, 0.2) is 24.3 Å². The zero-order chi connectivity index (χ0) is 30.1. The Morgan fingerprint density at radius 1 is 0.825 bits per heavy atom. The Morgan fingerprint density at radius 3 is 2.00 bits per heavy atom. The van der Waals surface area contributed by atoms with Crippen LogP contribution in [0.5, 0.6) is 0 Å². The van der Waals surface area contributed by atoms with E-state index in [0.29, 0.717) is 6.42 Å². The number of esters is 1. The molecule has 0 saturated carbocycles. The number of phosphoric ester groups is 1. The van der Waals surface area contributed by atoms with Gasteiger partial charge in [0.05, 0.1) is 13.2 Å². The highest BCUT2D eigenvalue weighted by Gasteiger charge is 2.28. The van der Waals surface area contributed by atoms with E-state index >= 15 is 0 Å². The van der Waals surface area contributed by atoms with E-state index in [4.69, 9.17) is 9.84 Å². The summed E-state index contributed by atoms with van der Waals surface area (Å²) in [5.41, 5.74) is 0. The van der Waals surface area contributed by atoms with Gasteiger partial charge >= 0.3 is 19.8 Å². The Balaban J connectivity index is 3.83. The van der Waals surface area contributed by atoms with E-state index in [0.717, 1.165) is 38.5 Å². The molecule has 11 nitrogen and oxygen atoms in total. The van der Waals surface area contributed by atoms with Gasteiger partial charge in [-0.15, -0.1) is 0 Å². The van der Waals surface area contributed by atoms with Crippen molar-refractivity contribution in [2.45, 2.75) is 116 Å². The number of hydrogen-bond acceptors (Lipinski definition) is 8. The summed E-state index contributed by atoms with van der Waals surface area (Å²) in [6.45, 7) is 1.82. The van der Waals surface area contributed by atoms with Crippen LogP contribution in [0, 0.1) is 0 Å². The van der Waals surface area contributed by atoms with Gasteiger partial charge in [0.2, 0.25) is 5.91 Å². The summed E-state index contributed by atoms with van der Waals surface area (Å²) in [6.07, 6.45) is 20.9. The van der Waals surface area contributed by atoms with Gasteiger partial charge in [0, 0.05) is 12.8 Å². The van der Waals surface area contributed by atoms with Gasteiger partial charge in [-0.1, -0.05) is 76.7 Å². The largest absolute Gasteiger partial charge is 0.480 e. The number of nitrogens with one attached hydrogen (secondary N) is 1. The molecule has 40 heavy (non-hydrogen) atoms. The molecule has 0 aliphatic heterocycles. The number of aliphatic hydroxyl groups is 1. The lowest BCUT2D eigenvalue weighted by molar-refractivity contribution is -0.147. The highest BCUT2D eigenvalue weighted by Crippen LogP contribution is 2.43. The normalized spacial score (nSPS) is 14.7. The summed E-state index contributed by atoms with van der Waals surface area (Å²) in [7, 11) is -4.71. The minimum Gasteiger partial charge on any atom is -0.480 e. The molecule has 0 aliphatic carbocycles. The topological polar surface area (TPSA) is 169 Å².